The standard InChI is InChI=1S/C25H21Cl4N3O7/c1-30-22(36)31-7-6-12-13(5-4-11-8-15(38-2)19(33)16(9-11)39-3)25(29)21(35)18(27)17(26)20(34)24(25,28)10-14(12)32(31)23(30)37/h4-6,8-9,13-14,33H,7,10H2,1-3H3/t13-,14+,24+,25-/m0/s1. The van der Waals surface area contributed by atoms with Gasteiger partial charge in [-0.25, -0.2) is 23.5 Å². The first kappa shape index (κ1) is 27.6. The van der Waals surface area contributed by atoms with Crippen LogP contribution in [0.25, 0.3) is 6.08 Å². The average Bonchev–Trinajstić information content (AvgIpc) is 3.15. The summed E-state index contributed by atoms with van der Waals surface area (Å²) < 4.78 is 13.8. The summed E-state index contributed by atoms with van der Waals surface area (Å²) in [6.07, 6.45) is 4.53. The zero-order valence-electron chi connectivity index (χ0n) is 20.7. The summed E-state index contributed by atoms with van der Waals surface area (Å²) >= 11 is 26.4. The lowest BCUT2D eigenvalue weighted by Gasteiger charge is -2.53. The van der Waals surface area contributed by atoms with Crippen LogP contribution in [0.1, 0.15) is 18.0 Å². The second kappa shape index (κ2) is 9.33. The Morgan fingerprint density at radius 2 is 1.59 bits per heavy atom. The van der Waals surface area contributed by atoms with Gasteiger partial charge in [0.2, 0.25) is 5.75 Å². The summed E-state index contributed by atoms with van der Waals surface area (Å²) in [6, 6.07) is 2.15. The van der Waals surface area contributed by atoms with Gasteiger partial charge in [-0.05, 0) is 23.3 Å². The number of phenolic OH excluding ortho intramolecular Hbond substituents is 1. The predicted octanol–water partition coefficient (Wildman–Crippen LogP) is 3.08. The molecule has 39 heavy (non-hydrogen) atoms. The number of phenols is 1. The van der Waals surface area contributed by atoms with Gasteiger partial charge in [-0.3, -0.25) is 9.59 Å². The molecular weight excluding hydrogens is 596 g/mol. The van der Waals surface area contributed by atoms with Gasteiger partial charge in [0.15, 0.2) is 23.1 Å². The van der Waals surface area contributed by atoms with Crippen molar-refractivity contribution in [1.29, 1.82) is 0 Å². The van der Waals surface area contributed by atoms with E-state index in [9.17, 15) is 24.3 Å². The van der Waals surface area contributed by atoms with Gasteiger partial charge in [-0.15, -0.1) is 23.2 Å². The normalized spacial score (nSPS) is 28.2. The van der Waals surface area contributed by atoms with E-state index in [1.54, 1.807) is 18.2 Å². The minimum Gasteiger partial charge on any atom is -0.502 e. The van der Waals surface area contributed by atoms with E-state index in [1.165, 1.54) is 42.8 Å². The predicted molar refractivity (Wildman–Crippen MR) is 145 cm³/mol. The molecule has 0 amide bonds. The molecule has 3 aliphatic rings. The molecule has 1 aliphatic heterocycles. The fourth-order valence-electron chi connectivity index (χ4n) is 5.54. The zero-order chi connectivity index (χ0) is 28.6. The third-order valence-corrected chi connectivity index (χ3v) is 9.80. The van der Waals surface area contributed by atoms with Gasteiger partial charge >= 0.3 is 11.4 Å². The molecule has 0 bridgehead atoms. The summed E-state index contributed by atoms with van der Waals surface area (Å²) in [5.41, 5.74) is -0.193. The molecule has 2 aliphatic carbocycles. The van der Waals surface area contributed by atoms with Crippen LogP contribution in [-0.4, -0.2) is 54.6 Å². The number of ether oxygens (including phenoxy) is 2. The Labute approximate surface area is 241 Å². The number of allylic oxidation sites excluding steroid dienone is 5. The fourth-order valence-corrected chi connectivity index (χ4v) is 7.02. The molecule has 1 aromatic heterocycles. The number of methoxy groups -OCH3 is 2. The maximum absolute atomic E-state index is 13.7. The maximum atomic E-state index is 13.7. The molecule has 2 heterocycles. The van der Waals surface area contributed by atoms with Crippen molar-refractivity contribution < 1.29 is 24.2 Å². The van der Waals surface area contributed by atoms with E-state index in [0.29, 0.717) is 11.1 Å². The van der Waals surface area contributed by atoms with Crippen LogP contribution in [0.5, 0.6) is 17.2 Å². The highest BCUT2D eigenvalue weighted by molar-refractivity contribution is 6.66. The topological polar surface area (TPSA) is 122 Å². The lowest BCUT2D eigenvalue weighted by atomic mass is 9.60. The second-order valence-electron chi connectivity index (χ2n) is 9.38. The molecule has 1 saturated carbocycles. The summed E-state index contributed by atoms with van der Waals surface area (Å²) in [5, 5.41) is 9.19. The minimum atomic E-state index is -2.12. The van der Waals surface area contributed by atoms with Crippen molar-refractivity contribution in [2.75, 3.05) is 14.2 Å². The first-order chi connectivity index (χ1) is 18.3. The number of aromatic hydroxyl groups is 1. The van der Waals surface area contributed by atoms with Crippen molar-refractivity contribution in [2.24, 2.45) is 13.0 Å². The fraction of sp³-hybridized carbons (Fsp3) is 0.360. The van der Waals surface area contributed by atoms with Crippen LogP contribution in [0.3, 0.4) is 0 Å². The number of rotatable bonds is 4. The van der Waals surface area contributed by atoms with Crippen LogP contribution in [0.15, 0.2) is 49.5 Å². The van der Waals surface area contributed by atoms with E-state index < -0.39 is 54.7 Å². The highest BCUT2D eigenvalue weighted by Gasteiger charge is 2.70. The first-order valence-electron chi connectivity index (χ1n) is 11.6. The number of benzene rings is 1. The number of carbonyl (C=O) groups excluding carboxylic acids is 2. The summed E-state index contributed by atoms with van der Waals surface area (Å²) in [5.74, 6) is -2.74. The Morgan fingerprint density at radius 3 is 2.18 bits per heavy atom. The number of ketones is 2. The Hall–Kier alpha value is -2.92. The van der Waals surface area contributed by atoms with Crippen LogP contribution >= 0.6 is 46.4 Å². The molecule has 5 rings (SSSR count). The van der Waals surface area contributed by atoms with Gasteiger partial charge in [-0.1, -0.05) is 41.4 Å². The van der Waals surface area contributed by atoms with Crippen molar-refractivity contribution in [3.05, 3.63) is 66.5 Å². The van der Waals surface area contributed by atoms with Crippen LogP contribution in [0.4, 0.5) is 0 Å². The summed E-state index contributed by atoms with van der Waals surface area (Å²) in [4.78, 5) is 48.7. The molecular formula is C25H21Cl4N3O7. The van der Waals surface area contributed by atoms with E-state index in [1.807, 2.05) is 0 Å². The monoisotopic (exact) mass is 615 g/mol. The Balaban J connectivity index is 1.75. The Morgan fingerprint density at radius 1 is 1.00 bits per heavy atom. The van der Waals surface area contributed by atoms with Crippen molar-refractivity contribution in [1.82, 2.24) is 13.9 Å². The van der Waals surface area contributed by atoms with Crippen LogP contribution in [0.2, 0.25) is 0 Å². The van der Waals surface area contributed by atoms with Gasteiger partial charge in [0.25, 0.3) is 0 Å². The first-order valence-corrected chi connectivity index (χ1v) is 13.1. The van der Waals surface area contributed by atoms with E-state index in [-0.39, 0.29) is 30.2 Å². The van der Waals surface area contributed by atoms with Crippen LogP contribution < -0.4 is 20.9 Å². The number of aromatic nitrogens is 3. The molecule has 0 spiro atoms. The number of nitrogens with zero attached hydrogens (tertiary/aromatic N) is 3. The molecule has 0 unspecified atom stereocenters. The highest BCUT2D eigenvalue weighted by Crippen LogP contribution is 2.61. The molecule has 0 radical (unpaired) electrons. The Kier molecular flexibility index (Phi) is 6.61. The zero-order valence-corrected chi connectivity index (χ0v) is 23.7. The molecule has 4 atom stereocenters. The van der Waals surface area contributed by atoms with Gasteiger partial charge in [-0.2, -0.15) is 0 Å². The molecule has 2 aromatic rings. The van der Waals surface area contributed by atoms with Crippen LogP contribution in [0, 0.1) is 5.92 Å². The summed E-state index contributed by atoms with van der Waals surface area (Å²) in [6.45, 7) is 0.0145. The van der Waals surface area contributed by atoms with E-state index in [0.717, 1.165) is 4.57 Å². The molecule has 1 N–H and O–H groups in total. The molecule has 0 saturated heterocycles. The van der Waals surface area contributed by atoms with Crippen molar-refractivity contribution in [2.45, 2.75) is 28.8 Å². The largest absolute Gasteiger partial charge is 0.502 e. The van der Waals surface area contributed by atoms with Gasteiger partial charge in [0.05, 0.1) is 26.8 Å². The van der Waals surface area contributed by atoms with Crippen molar-refractivity contribution >= 4 is 64.0 Å². The second-order valence-corrected chi connectivity index (χ2v) is 11.4. The number of alkyl halides is 2. The molecule has 1 aromatic carbocycles. The summed E-state index contributed by atoms with van der Waals surface area (Å²) in [7, 11) is 4.08. The number of fused-ring (bicyclic) bond motifs is 4. The molecule has 14 heteroatoms. The Bertz CT molecular complexity index is 1640. The third kappa shape index (κ3) is 3.61. The van der Waals surface area contributed by atoms with E-state index >= 15 is 0 Å². The van der Waals surface area contributed by atoms with E-state index in [4.69, 9.17) is 55.9 Å². The maximum Gasteiger partial charge on any atom is 0.347 e. The highest BCUT2D eigenvalue weighted by atomic mass is 35.5. The smallest absolute Gasteiger partial charge is 0.347 e. The van der Waals surface area contributed by atoms with Gasteiger partial charge in [0.1, 0.15) is 19.8 Å². The number of halogens is 4. The minimum absolute atomic E-state index is 0.0145. The SMILES string of the molecule is COc1cc(C=C[C@H]2C3=CCn4c(=O)n(C)c(=O)n4[C@@H]3C[C@@]3(Cl)C(=O)C(Cl)=C(Cl)C(=O)[C@@]23Cl)cc(OC)c1O. The van der Waals surface area contributed by atoms with Crippen molar-refractivity contribution in [3.63, 3.8) is 0 Å². The number of hydrogen-bond donors (Lipinski definition) is 1. The molecule has 1 fully saturated rings. The van der Waals surface area contributed by atoms with E-state index in [2.05, 4.69) is 0 Å². The quantitative estimate of drug-likeness (QED) is 0.414. The lowest BCUT2D eigenvalue weighted by Crippen LogP contribution is -2.67. The van der Waals surface area contributed by atoms with Gasteiger partial charge < -0.3 is 14.6 Å². The van der Waals surface area contributed by atoms with Crippen LogP contribution in [-0.2, 0) is 23.2 Å². The van der Waals surface area contributed by atoms with Gasteiger partial charge in [0, 0.05) is 19.4 Å². The third-order valence-electron chi connectivity index (χ3n) is 7.53. The number of Topliss-reactive ketones (excluding diaryl/α,β-unsaturated/α-hetero) is 2. The lowest BCUT2D eigenvalue weighted by molar-refractivity contribution is -0.129. The number of hydrogen-bond acceptors (Lipinski definition) is 7. The number of carbonyl (C=O) groups is 2. The molecule has 206 valence electrons. The molecule has 10 nitrogen and oxygen atoms in total. The van der Waals surface area contributed by atoms with Crippen molar-refractivity contribution in [3.8, 4) is 17.2 Å². The average molecular weight is 617 g/mol.